The van der Waals surface area contributed by atoms with Crippen LogP contribution in [0, 0.1) is 0 Å². The van der Waals surface area contributed by atoms with Crippen molar-refractivity contribution in [3.05, 3.63) is 52.1 Å². The minimum absolute atomic E-state index is 0.0271. The Labute approximate surface area is 209 Å². The normalized spacial score (nSPS) is 20.7. The number of furan rings is 1. The number of nitrogens with zero attached hydrogens (tertiary/aromatic N) is 2. The molecular weight excluding hydrogens is 534 g/mol. The lowest BCUT2D eigenvalue weighted by Crippen LogP contribution is -2.41. The number of thiocarbonyl (C=S) groups is 1. The average Bonchev–Trinajstić information content (AvgIpc) is 3.47. The minimum Gasteiger partial charge on any atom is -0.480 e. The highest BCUT2D eigenvalue weighted by Crippen LogP contribution is 2.40. The number of aliphatic carboxylic acids is 1. The summed E-state index contributed by atoms with van der Waals surface area (Å²) < 4.78 is 84.7. The van der Waals surface area contributed by atoms with E-state index in [1.165, 1.54) is 23.1 Å². The van der Waals surface area contributed by atoms with Crippen molar-refractivity contribution < 1.29 is 45.5 Å². The largest absolute Gasteiger partial charge is 0.480 e. The van der Waals surface area contributed by atoms with Crippen molar-refractivity contribution in [2.45, 2.75) is 24.8 Å². The number of hydrogen-bond acceptors (Lipinski definition) is 6. The van der Waals surface area contributed by atoms with Crippen LogP contribution in [0.3, 0.4) is 0 Å². The van der Waals surface area contributed by atoms with Gasteiger partial charge in [-0.25, -0.2) is 0 Å². The molecule has 192 valence electrons. The van der Waals surface area contributed by atoms with E-state index in [0.717, 1.165) is 11.8 Å². The summed E-state index contributed by atoms with van der Waals surface area (Å²) in [7, 11) is 0. The third kappa shape index (κ3) is 5.60. The van der Waals surface area contributed by atoms with Gasteiger partial charge in [-0.1, -0.05) is 24.0 Å². The van der Waals surface area contributed by atoms with Gasteiger partial charge in [-0.15, -0.1) is 0 Å². The van der Waals surface area contributed by atoms with Crippen molar-refractivity contribution in [2.75, 3.05) is 19.6 Å². The van der Waals surface area contributed by atoms with E-state index < -0.39 is 40.9 Å². The fraction of sp³-hybridized carbons (Fsp3) is 0.318. The molecule has 1 aromatic carbocycles. The van der Waals surface area contributed by atoms with Crippen LogP contribution >= 0.6 is 24.0 Å². The first-order chi connectivity index (χ1) is 16.7. The standard InChI is InChI=1S/C22H16F6N2O4S2/c23-21(24,25)12-5-11(6-13(7-12)22(26,27)28)16-2-1-15(34-16)8-17-19(33)30(20(35)36-17)14-3-4-29(9-14)10-18(31)32/h1-2,5-8,14H,3-4,9-10H2,(H,31,32). The number of hydrogen-bond donors (Lipinski definition) is 1. The second kappa shape index (κ2) is 9.56. The van der Waals surface area contributed by atoms with Gasteiger partial charge in [0.2, 0.25) is 0 Å². The van der Waals surface area contributed by atoms with Gasteiger partial charge in [0, 0.05) is 24.7 Å². The van der Waals surface area contributed by atoms with Gasteiger partial charge in [-0.2, -0.15) is 26.3 Å². The summed E-state index contributed by atoms with van der Waals surface area (Å²) in [6.07, 6.45) is -8.17. The Bertz CT molecular complexity index is 1220. The fourth-order valence-corrected chi connectivity index (χ4v) is 5.34. The Morgan fingerprint density at radius 1 is 1.14 bits per heavy atom. The summed E-state index contributed by atoms with van der Waals surface area (Å²) in [6.45, 7) is 0.640. The monoisotopic (exact) mass is 550 g/mol. The van der Waals surface area contributed by atoms with Gasteiger partial charge < -0.3 is 9.52 Å². The Balaban J connectivity index is 1.57. The van der Waals surface area contributed by atoms with Crippen LogP contribution in [0.2, 0.25) is 0 Å². The summed E-state index contributed by atoms with van der Waals surface area (Å²) in [6, 6.07) is 3.35. The molecular formula is C22H16F6N2O4S2. The number of carboxylic acids is 1. The number of alkyl halides is 6. The molecule has 0 radical (unpaired) electrons. The van der Waals surface area contributed by atoms with Crippen LogP contribution in [0.15, 0.2) is 39.7 Å². The predicted octanol–water partition coefficient (Wildman–Crippen LogP) is 5.34. The van der Waals surface area contributed by atoms with Gasteiger partial charge >= 0.3 is 18.3 Å². The van der Waals surface area contributed by atoms with Crippen LogP contribution in [0.25, 0.3) is 17.4 Å². The van der Waals surface area contributed by atoms with Gasteiger partial charge in [-0.3, -0.25) is 19.4 Å². The maximum absolute atomic E-state index is 13.2. The van der Waals surface area contributed by atoms with E-state index in [9.17, 15) is 35.9 Å². The summed E-state index contributed by atoms with van der Waals surface area (Å²) in [4.78, 5) is 27.1. The molecule has 3 heterocycles. The minimum atomic E-state index is -5.00. The second-order valence-electron chi connectivity index (χ2n) is 8.12. The average molecular weight is 551 g/mol. The van der Waals surface area contributed by atoms with E-state index in [-0.39, 0.29) is 39.4 Å². The molecule has 4 rings (SSSR count). The number of halogens is 6. The highest BCUT2D eigenvalue weighted by atomic mass is 32.2. The van der Waals surface area contributed by atoms with Crippen LogP contribution in [0.1, 0.15) is 23.3 Å². The fourth-order valence-electron chi connectivity index (χ4n) is 3.96. The van der Waals surface area contributed by atoms with Crippen LogP contribution in [0.5, 0.6) is 0 Å². The van der Waals surface area contributed by atoms with Gasteiger partial charge in [0.15, 0.2) is 0 Å². The Kier molecular flexibility index (Phi) is 6.96. The number of benzene rings is 1. The Morgan fingerprint density at radius 2 is 1.78 bits per heavy atom. The molecule has 0 bridgehead atoms. The lowest BCUT2D eigenvalue weighted by molar-refractivity contribution is -0.143. The first-order valence-corrected chi connectivity index (χ1v) is 11.6. The molecule has 0 saturated carbocycles. The quantitative estimate of drug-likeness (QED) is 0.306. The third-order valence-corrected chi connectivity index (χ3v) is 6.90. The zero-order valence-corrected chi connectivity index (χ0v) is 19.7. The lowest BCUT2D eigenvalue weighted by atomic mass is 10.0. The maximum atomic E-state index is 13.2. The molecule has 6 nitrogen and oxygen atoms in total. The second-order valence-corrected chi connectivity index (χ2v) is 9.80. The number of carbonyl (C=O) groups excluding carboxylic acids is 1. The van der Waals surface area contributed by atoms with Crippen molar-refractivity contribution in [2.24, 2.45) is 0 Å². The van der Waals surface area contributed by atoms with Crippen LogP contribution < -0.4 is 0 Å². The number of carboxylic acid groups (broad SMARTS) is 1. The molecule has 0 aliphatic carbocycles. The molecule has 2 aliphatic heterocycles. The van der Waals surface area contributed by atoms with Crippen molar-refractivity contribution >= 4 is 46.3 Å². The molecule has 1 N–H and O–H groups in total. The third-order valence-electron chi connectivity index (χ3n) is 5.57. The van der Waals surface area contributed by atoms with Crippen LogP contribution in [0.4, 0.5) is 26.3 Å². The number of rotatable bonds is 5. The molecule has 2 saturated heterocycles. The highest BCUT2D eigenvalue weighted by Gasteiger charge is 2.41. The summed E-state index contributed by atoms with van der Waals surface area (Å²) in [5.74, 6) is -1.63. The Morgan fingerprint density at radius 3 is 2.36 bits per heavy atom. The van der Waals surface area contributed by atoms with E-state index in [4.69, 9.17) is 21.7 Å². The zero-order chi connectivity index (χ0) is 26.4. The van der Waals surface area contributed by atoms with Crippen molar-refractivity contribution in [3.8, 4) is 11.3 Å². The van der Waals surface area contributed by atoms with E-state index >= 15 is 0 Å². The van der Waals surface area contributed by atoms with Crippen molar-refractivity contribution in [3.63, 3.8) is 0 Å². The molecule has 1 unspecified atom stereocenters. The number of likely N-dealkylation sites (tertiary alicyclic amines) is 1. The number of thioether (sulfide) groups is 1. The van der Waals surface area contributed by atoms with E-state index in [1.807, 2.05) is 0 Å². The number of carbonyl (C=O) groups is 2. The van der Waals surface area contributed by atoms with E-state index in [0.29, 0.717) is 31.6 Å². The zero-order valence-electron chi connectivity index (χ0n) is 18.0. The number of amides is 1. The lowest BCUT2D eigenvalue weighted by Gasteiger charge is -2.22. The summed E-state index contributed by atoms with van der Waals surface area (Å²) in [5, 5.41) is 8.95. The predicted molar refractivity (Wildman–Crippen MR) is 122 cm³/mol. The van der Waals surface area contributed by atoms with Gasteiger partial charge in [-0.05, 0) is 36.8 Å². The first kappa shape index (κ1) is 26.2. The smallest absolute Gasteiger partial charge is 0.416 e. The topological polar surface area (TPSA) is 74.0 Å². The van der Waals surface area contributed by atoms with Crippen molar-refractivity contribution in [1.82, 2.24) is 9.80 Å². The molecule has 2 fully saturated rings. The SMILES string of the molecule is O=C(O)CN1CCC(N2C(=O)C(=Cc3ccc(-c4cc(C(F)(F)F)cc(C(F)(F)F)c4)o3)SC2=S)C1. The molecule has 1 amide bonds. The molecule has 14 heteroatoms. The molecule has 1 aromatic heterocycles. The Hall–Kier alpha value is -2.84. The molecule has 2 aromatic rings. The van der Waals surface area contributed by atoms with Gasteiger partial charge in [0.1, 0.15) is 15.8 Å². The molecule has 2 aliphatic rings. The van der Waals surface area contributed by atoms with Gasteiger partial charge in [0.05, 0.1) is 28.6 Å². The van der Waals surface area contributed by atoms with Gasteiger partial charge in [0.25, 0.3) is 5.91 Å². The molecule has 1 atom stereocenters. The van der Waals surface area contributed by atoms with Crippen molar-refractivity contribution in [1.29, 1.82) is 0 Å². The maximum Gasteiger partial charge on any atom is 0.416 e. The summed E-state index contributed by atoms with van der Waals surface area (Å²) in [5.41, 5.74) is -3.37. The van der Waals surface area contributed by atoms with Crippen LogP contribution in [-0.4, -0.2) is 56.8 Å². The first-order valence-electron chi connectivity index (χ1n) is 10.3. The van der Waals surface area contributed by atoms with E-state index in [2.05, 4.69) is 0 Å². The van der Waals surface area contributed by atoms with Crippen LogP contribution in [-0.2, 0) is 21.9 Å². The molecule has 36 heavy (non-hydrogen) atoms. The van der Waals surface area contributed by atoms with E-state index in [1.54, 1.807) is 4.90 Å². The summed E-state index contributed by atoms with van der Waals surface area (Å²) >= 11 is 6.27. The molecule has 0 spiro atoms. The highest BCUT2D eigenvalue weighted by molar-refractivity contribution is 8.26.